The van der Waals surface area contributed by atoms with E-state index in [9.17, 15) is 13.2 Å². The van der Waals surface area contributed by atoms with Gasteiger partial charge >= 0.3 is 5.97 Å². The van der Waals surface area contributed by atoms with Crippen LogP contribution in [0.2, 0.25) is 0 Å². The summed E-state index contributed by atoms with van der Waals surface area (Å²) in [6, 6.07) is 4.06. The maximum Gasteiger partial charge on any atom is 0.336 e. The van der Waals surface area contributed by atoms with Gasteiger partial charge in [0.25, 0.3) is 0 Å². The highest BCUT2D eigenvalue weighted by Gasteiger charge is 2.40. The van der Waals surface area contributed by atoms with Crippen LogP contribution in [0.3, 0.4) is 0 Å². The van der Waals surface area contributed by atoms with E-state index in [4.69, 9.17) is 9.84 Å². The van der Waals surface area contributed by atoms with E-state index in [1.54, 1.807) is 6.92 Å². The van der Waals surface area contributed by atoms with Gasteiger partial charge in [-0.1, -0.05) is 0 Å². The minimum absolute atomic E-state index is 0.0284. The lowest BCUT2D eigenvalue weighted by Crippen LogP contribution is -2.50. The molecule has 2 atom stereocenters. The number of carbonyl (C=O) groups is 1. The van der Waals surface area contributed by atoms with Gasteiger partial charge in [-0.3, -0.25) is 0 Å². The van der Waals surface area contributed by atoms with Gasteiger partial charge in [0.15, 0.2) is 0 Å². The highest BCUT2D eigenvalue weighted by atomic mass is 127. The highest BCUT2D eigenvalue weighted by molar-refractivity contribution is 14.1. The van der Waals surface area contributed by atoms with Crippen molar-refractivity contribution in [1.29, 1.82) is 0 Å². The van der Waals surface area contributed by atoms with E-state index in [-0.39, 0.29) is 16.6 Å². The van der Waals surface area contributed by atoms with Crippen molar-refractivity contribution in [1.82, 2.24) is 4.72 Å². The minimum atomic E-state index is -3.80. The third-order valence-electron chi connectivity index (χ3n) is 3.73. The van der Waals surface area contributed by atoms with Crippen molar-refractivity contribution in [3.05, 3.63) is 27.3 Å². The van der Waals surface area contributed by atoms with Gasteiger partial charge in [0, 0.05) is 10.2 Å². The molecule has 1 aromatic rings. The van der Waals surface area contributed by atoms with Gasteiger partial charge in [0.2, 0.25) is 10.0 Å². The summed E-state index contributed by atoms with van der Waals surface area (Å²) < 4.78 is 33.5. The molecule has 0 amide bonds. The quantitative estimate of drug-likeness (QED) is 0.719. The van der Waals surface area contributed by atoms with Gasteiger partial charge < -0.3 is 9.84 Å². The predicted molar refractivity (Wildman–Crippen MR) is 84.9 cm³/mol. The van der Waals surface area contributed by atoms with Gasteiger partial charge in [-0.15, -0.1) is 0 Å². The smallest absolute Gasteiger partial charge is 0.336 e. The molecule has 1 heterocycles. The van der Waals surface area contributed by atoms with Gasteiger partial charge in [-0.05, 0) is 61.1 Å². The number of rotatable bonds is 4. The van der Waals surface area contributed by atoms with Crippen LogP contribution in [-0.2, 0) is 14.8 Å². The van der Waals surface area contributed by atoms with Crippen LogP contribution in [0.15, 0.2) is 23.1 Å². The number of ether oxygens (including phenoxy) is 1. The van der Waals surface area contributed by atoms with Crippen molar-refractivity contribution in [2.24, 2.45) is 0 Å². The Morgan fingerprint density at radius 1 is 1.52 bits per heavy atom. The number of sulfonamides is 1. The number of halogens is 1. The molecule has 0 aliphatic carbocycles. The van der Waals surface area contributed by atoms with E-state index >= 15 is 0 Å². The number of carboxylic acid groups (broad SMARTS) is 1. The molecular formula is C13H16INO5S. The number of hydrogen-bond acceptors (Lipinski definition) is 4. The average molecular weight is 425 g/mol. The molecule has 2 rings (SSSR count). The third-order valence-corrected chi connectivity index (χ3v) is 6.28. The zero-order chi connectivity index (χ0) is 15.8. The van der Waals surface area contributed by atoms with E-state index in [0.717, 1.165) is 0 Å². The predicted octanol–water partition coefficient (Wildman–Crippen LogP) is 1.84. The molecule has 2 N–H and O–H groups in total. The van der Waals surface area contributed by atoms with E-state index in [1.165, 1.54) is 18.2 Å². The second kappa shape index (κ2) is 5.82. The van der Waals surface area contributed by atoms with Crippen LogP contribution in [0.4, 0.5) is 0 Å². The second-order valence-electron chi connectivity index (χ2n) is 5.23. The van der Waals surface area contributed by atoms with Crippen LogP contribution in [0.25, 0.3) is 0 Å². The molecule has 0 spiro atoms. The summed E-state index contributed by atoms with van der Waals surface area (Å²) in [5.74, 6) is -1.15. The average Bonchev–Trinajstić information content (AvgIpc) is 2.68. The molecule has 0 radical (unpaired) electrons. The van der Waals surface area contributed by atoms with E-state index < -0.39 is 21.5 Å². The number of nitrogens with one attached hydrogen (secondary N) is 1. The minimum Gasteiger partial charge on any atom is -0.478 e. The number of aromatic carboxylic acids is 1. The van der Waals surface area contributed by atoms with Crippen LogP contribution in [0, 0.1) is 3.57 Å². The Morgan fingerprint density at radius 2 is 2.19 bits per heavy atom. The highest BCUT2D eigenvalue weighted by Crippen LogP contribution is 2.28. The fraction of sp³-hybridized carbons (Fsp3) is 0.462. The summed E-state index contributed by atoms with van der Waals surface area (Å²) in [5.41, 5.74) is -0.718. The lowest BCUT2D eigenvalue weighted by molar-refractivity contribution is 0.0695. The summed E-state index contributed by atoms with van der Waals surface area (Å²) in [6.07, 6.45) is 0.332. The number of benzene rings is 1. The molecule has 116 valence electrons. The molecule has 2 unspecified atom stereocenters. The Labute approximate surface area is 137 Å². The maximum absolute atomic E-state index is 12.5. The fourth-order valence-electron chi connectivity index (χ4n) is 2.17. The van der Waals surface area contributed by atoms with Crippen LogP contribution in [-0.4, -0.2) is 37.7 Å². The van der Waals surface area contributed by atoms with Crippen LogP contribution in [0.5, 0.6) is 0 Å². The number of carboxylic acids is 1. The molecule has 0 saturated carbocycles. The first-order valence-corrected chi connectivity index (χ1v) is 8.90. The lowest BCUT2D eigenvalue weighted by Gasteiger charge is -2.28. The summed E-state index contributed by atoms with van der Waals surface area (Å²) in [6.45, 7) is 4.09. The first-order valence-electron chi connectivity index (χ1n) is 6.34. The van der Waals surface area contributed by atoms with Gasteiger partial charge in [0.05, 0.1) is 22.1 Å². The Bertz CT molecular complexity index is 675. The molecule has 1 aliphatic heterocycles. The molecule has 0 aromatic heterocycles. The van der Waals surface area contributed by atoms with Crippen molar-refractivity contribution in [2.75, 3.05) is 6.61 Å². The first kappa shape index (κ1) is 16.7. The van der Waals surface area contributed by atoms with Crippen LogP contribution >= 0.6 is 22.6 Å². The fourth-order valence-corrected chi connectivity index (χ4v) is 4.26. The van der Waals surface area contributed by atoms with Crippen molar-refractivity contribution in [3.63, 3.8) is 0 Å². The van der Waals surface area contributed by atoms with Gasteiger partial charge in [0.1, 0.15) is 0 Å². The molecule has 0 bridgehead atoms. The van der Waals surface area contributed by atoms with Crippen molar-refractivity contribution in [3.8, 4) is 0 Å². The Kier molecular flexibility index (Phi) is 4.62. The molecular weight excluding hydrogens is 409 g/mol. The summed E-state index contributed by atoms with van der Waals surface area (Å²) in [7, 11) is -3.80. The Morgan fingerprint density at radius 3 is 2.71 bits per heavy atom. The van der Waals surface area contributed by atoms with Crippen LogP contribution in [0.1, 0.15) is 30.6 Å². The van der Waals surface area contributed by atoms with E-state index in [0.29, 0.717) is 16.6 Å². The van der Waals surface area contributed by atoms with E-state index in [1.807, 2.05) is 29.5 Å². The molecule has 1 aromatic carbocycles. The monoisotopic (exact) mass is 425 g/mol. The summed E-state index contributed by atoms with van der Waals surface area (Å²) >= 11 is 1.86. The van der Waals surface area contributed by atoms with Crippen molar-refractivity contribution in [2.45, 2.75) is 36.8 Å². The molecule has 21 heavy (non-hydrogen) atoms. The summed E-state index contributed by atoms with van der Waals surface area (Å²) in [5, 5.41) is 9.09. The normalized spacial score (nSPS) is 26.0. The van der Waals surface area contributed by atoms with Crippen molar-refractivity contribution >= 4 is 38.6 Å². The number of hydrogen-bond donors (Lipinski definition) is 2. The van der Waals surface area contributed by atoms with Gasteiger partial charge in [-0.25, -0.2) is 17.9 Å². The lowest BCUT2D eigenvalue weighted by atomic mass is 9.97. The molecule has 8 heteroatoms. The van der Waals surface area contributed by atoms with Crippen molar-refractivity contribution < 1.29 is 23.1 Å². The zero-order valence-corrected chi connectivity index (χ0v) is 14.6. The Hall–Kier alpha value is -0.710. The third kappa shape index (κ3) is 3.38. The maximum atomic E-state index is 12.5. The molecule has 1 fully saturated rings. The zero-order valence-electron chi connectivity index (χ0n) is 11.6. The topological polar surface area (TPSA) is 92.7 Å². The van der Waals surface area contributed by atoms with Gasteiger partial charge in [-0.2, -0.15) is 0 Å². The molecule has 1 saturated heterocycles. The Balaban J connectivity index is 2.36. The van der Waals surface area contributed by atoms with E-state index in [2.05, 4.69) is 4.72 Å². The SMILES string of the molecule is CC1OCCC1(C)NS(=O)(=O)c1ccc(I)c(C(=O)O)c1. The first-order chi connectivity index (χ1) is 9.66. The molecule has 6 nitrogen and oxygen atoms in total. The second-order valence-corrected chi connectivity index (χ2v) is 8.08. The standard InChI is InChI=1S/C13H16INO5S/c1-8-13(2,5-6-20-8)15-21(18,19)9-3-4-11(14)10(7-9)12(16)17/h3-4,7-8,15H,5-6H2,1-2H3,(H,16,17). The molecule has 1 aliphatic rings. The summed E-state index contributed by atoms with van der Waals surface area (Å²) in [4.78, 5) is 11.1. The van der Waals surface area contributed by atoms with Crippen LogP contribution < -0.4 is 4.72 Å². The largest absolute Gasteiger partial charge is 0.478 e.